The third kappa shape index (κ3) is 4.74. The van der Waals surface area contributed by atoms with E-state index in [-0.39, 0.29) is 11.8 Å². The number of nitrogens with zero attached hydrogens (tertiary/aromatic N) is 1. The number of hydrogen-bond donors (Lipinski definition) is 1. The molecule has 5 heteroatoms. The van der Waals surface area contributed by atoms with Crippen molar-refractivity contribution >= 4 is 40.2 Å². The van der Waals surface area contributed by atoms with Crippen molar-refractivity contribution in [1.82, 2.24) is 4.57 Å². The van der Waals surface area contributed by atoms with Crippen LogP contribution in [0.4, 0.5) is 5.69 Å². The fourth-order valence-electron chi connectivity index (χ4n) is 4.61. The lowest BCUT2D eigenvalue weighted by Gasteiger charge is -2.15. The SMILES string of the molecule is O=C(Cc1ccccc1)Nc1ccc(SCC(=O)n2c3c(c4ccccc42)CCCC3)cc1. The standard InChI is InChI=1S/C28H26N2O2S/c31-27(18-20-8-2-1-3-9-20)29-21-14-16-22(17-15-21)33-19-28(32)30-25-12-6-4-10-23(25)24-11-5-7-13-26(24)30/h1-4,6,8-10,12,14-17H,5,7,11,13,18-19H2,(H,29,31). The molecule has 4 nitrogen and oxygen atoms in total. The fourth-order valence-corrected chi connectivity index (χ4v) is 5.36. The number of nitrogens with one attached hydrogen (secondary N) is 1. The normalized spacial score (nSPS) is 13.0. The smallest absolute Gasteiger partial charge is 0.241 e. The second kappa shape index (κ2) is 9.67. The summed E-state index contributed by atoms with van der Waals surface area (Å²) in [5.74, 6) is 0.464. The zero-order valence-corrected chi connectivity index (χ0v) is 19.2. The largest absolute Gasteiger partial charge is 0.326 e. The number of benzene rings is 3. The van der Waals surface area contributed by atoms with Gasteiger partial charge in [0.2, 0.25) is 11.8 Å². The molecule has 1 aliphatic rings. The Morgan fingerprint density at radius 2 is 1.58 bits per heavy atom. The lowest BCUT2D eigenvalue weighted by atomic mass is 9.96. The van der Waals surface area contributed by atoms with Crippen molar-refractivity contribution < 1.29 is 9.59 Å². The minimum absolute atomic E-state index is 0.0407. The Labute approximate surface area is 198 Å². The molecule has 0 bridgehead atoms. The molecule has 4 aromatic rings. The Hall–Kier alpha value is -3.31. The Balaban J connectivity index is 1.23. The molecule has 33 heavy (non-hydrogen) atoms. The Morgan fingerprint density at radius 1 is 0.848 bits per heavy atom. The van der Waals surface area contributed by atoms with Crippen molar-refractivity contribution in [2.24, 2.45) is 0 Å². The second-order valence-electron chi connectivity index (χ2n) is 8.40. The van der Waals surface area contributed by atoms with Gasteiger partial charge in [-0.3, -0.25) is 14.2 Å². The summed E-state index contributed by atoms with van der Waals surface area (Å²) in [6.45, 7) is 0. The van der Waals surface area contributed by atoms with E-state index in [1.54, 1.807) is 0 Å². The molecule has 5 rings (SSSR count). The van der Waals surface area contributed by atoms with Gasteiger partial charge >= 0.3 is 0 Å². The summed E-state index contributed by atoms with van der Waals surface area (Å²) >= 11 is 1.53. The molecular weight excluding hydrogens is 428 g/mol. The first-order valence-electron chi connectivity index (χ1n) is 11.4. The number of carbonyl (C=O) groups excluding carboxylic acids is 2. The van der Waals surface area contributed by atoms with Gasteiger partial charge in [0.25, 0.3) is 0 Å². The van der Waals surface area contributed by atoms with E-state index in [1.165, 1.54) is 34.8 Å². The minimum atomic E-state index is -0.0407. The van der Waals surface area contributed by atoms with Crippen molar-refractivity contribution in [1.29, 1.82) is 0 Å². The number of amides is 1. The van der Waals surface area contributed by atoms with Gasteiger partial charge < -0.3 is 5.32 Å². The van der Waals surface area contributed by atoms with E-state index in [2.05, 4.69) is 23.5 Å². The maximum absolute atomic E-state index is 13.2. The van der Waals surface area contributed by atoms with Gasteiger partial charge in [-0.1, -0.05) is 48.5 Å². The highest BCUT2D eigenvalue weighted by atomic mass is 32.2. The third-order valence-corrected chi connectivity index (χ3v) is 7.13. The van der Waals surface area contributed by atoms with E-state index in [0.29, 0.717) is 12.2 Å². The van der Waals surface area contributed by atoms with Crippen LogP contribution in [0.25, 0.3) is 10.9 Å². The van der Waals surface area contributed by atoms with Gasteiger partial charge in [0.15, 0.2) is 0 Å². The van der Waals surface area contributed by atoms with Crippen LogP contribution in [0.5, 0.6) is 0 Å². The summed E-state index contributed by atoms with van der Waals surface area (Å²) in [6.07, 6.45) is 4.71. The summed E-state index contributed by atoms with van der Waals surface area (Å²) in [4.78, 5) is 26.5. The molecule has 0 radical (unpaired) electrons. The first-order chi connectivity index (χ1) is 16.2. The lowest BCUT2D eigenvalue weighted by molar-refractivity contribution is -0.115. The Kier molecular flexibility index (Phi) is 6.31. The first-order valence-corrected chi connectivity index (χ1v) is 12.4. The molecule has 1 N–H and O–H groups in total. The monoisotopic (exact) mass is 454 g/mol. The number of anilines is 1. The fraction of sp³-hybridized carbons (Fsp3) is 0.214. The number of fused-ring (bicyclic) bond motifs is 3. The molecule has 0 fully saturated rings. The average molecular weight is 455 g/mol. The number of aromatic nitrogens is 1. The topological polar surface area (TPSA) is 51.1 Å². The second-order valence-corrected chi connectivity index (χ2v) is 9.45. The van der Waals surface area contributed by atoms with Crippen LogP contribution in [0, 0.1) is 0 Å². The van der Waals surface area contributed by atoms with Gasteiger partial charge in [-0.05, 0) is 67.1 Å². The van der Waals surface area contributed by atoms with Crippen LogP contribution < -0.4 is 5.32 Å². The van der Waals surface area contributed by atoms with Crippen LogP contribution in [-0.4, -0.2) is 22.1 Å². The van der Waals surface area contributed by atoms with Crippen molar-refractivity contribution in [3.05, 3.63) is 95.7 Å². The molecule has 0 atom stereocenters. The van der Waals surface area contributed by atoms with Crippen molar-refractivity contribution in [3.8, 4) is 0 Å². The van der Waals surface area contributed by atoms with Crippen molar-refractivity contribution in [2.75, 3.05) is 11.1 Å². The predicted octanol–water partition coefficient (Wildman–Crippen LogP) is 6.13. The Morgan fingerprint density at radius 3 is 2.39 bits per heavy atom. The summed E-state index contributed by atoms with van der Waals surface area (Å²) in [5, 5.41) is 4.16. The highest BCUT2D eigenvalue weighted by Gasteiger charge is 2.23. The predicted molar refractivity (Wildman–Crippen MR) is 135 cm³/mol. The molecule has 0 spiro atoms. The van der Waals surface area contributed by atoms with E-state index >= 15 is 0 Å². The molecule has 0 saturated heterocycles. The van der Waals surface area contributed by atoms with Crippen LogP contribution in [-0.2, 0) is 24.1 Å². The highest BCUT2D eigenvalue weighted by Crippen LogP contribution is 2.32. The molecule has 1 aromatic heterocycles. The van der Waals surface area contributed by atoms with Crippen LogP contribution in [0.2, 0.25) is 0 Å². The molecule has 1 aliphatic carbocycles. The van der Waals surface area contributed by atoms with Crippen LogP contribution in [0.15, 0.2) is 83.8 Å². The highest BCUT2D eigenvalue weighted by molar-refractivity contribution is 8.00. The summed E-state index contributed by atoms with van der Waals surface area (Å²) in [5.41, 5.74) is 5.33. The van der Waals surface area contributed by atoms with Gasteiger partial charge in [0.05, 0.1) is 17.7 Å². The van der Waals surface area contributed by atoms with Crippen LogP contribution in [0.1, 0.15) is 34.5 Å². The number of thioether (sulfide) groups is 1. The third-order valence-electron chi connectivity index (χ3n) is 6.14. The Bertz CT molecular complexity index is 1290. The van der Waals surface area contributed by atoms with E-state index < -0.39 is 0 Å². The number of rotatable bonds is 6. The summed E-state index contributed by atoms with van der Waals surface area (Å²) in [7, 11) is 0. The zero-order valence-electron chi connectivity index (χ0n) is 18.4. The van der Waals surface area contributed by atoms with Gasteiger partial charge in [0.1, 0.15) is 0 Å². The van der Waals surface area contributed by atoms with Crippen molar-refractivity contribution in [3.63, 3.8) is 0 Å². The average Bonchev–Trinajstić information content (AvgIpc) is 3.19. The quantitative estimate of drug-likeness (QED) is 0.356. The van der Waals surface area contributed by atoms with Gasteiger partial charge in [-0.2, -0.15) is 0 Å². The minimum Gasteiger partial charge on any atom is -0.326 e. The van der Waals surface area contributed by atoms with Crippen LogP contribution in [0.3, 0.4) is 0 Å². The lowest BCUT2D eigenvalue weighted by Crippen LogP contribution is -2.18. The zero-order chi connectivity index (χ0) is 22.6. The molecule has 0 saturated carbocycles. The van der Waals surface area contributed by atoms with E-state index in [0.717, 1.165) is 40.9 Å². The van der Waals surface area contributed by atoms with Gasteiger partial charge in [0, 0.05) is 21.7 Å². The molecule has 166 valence electrons. The molecule has 0 aliphatic heterocycles. The molecule has 0 unspecified atom stereocenters. The van der Waals surface area contributed by atoms with Crippen molar-refractivity contribution in [2.45, 2.75) is 37.0 Å². The van der Waals surface area contributed by atoms with Gasteiger partial charge in [-0.25, -0.2) is 0 Å². The molecular formula is C28H26N2O2S. The number of aryl methyl sites for hydroxylation is 1. The first kappa shape index (κ1) is 21.5. The maximum atomic E-state index is 13.2. The number of hydrogen-bond acceptors (Lipinski definition) is 3. The van der Waals surface area contributed by atoms with Crippen LogP contribution >= 0.6 is 11.8 Å². The molecule has 1 heterocycles. The molecule has 3 aromatic carbocycles. The summed E-state index contributed by atoms with van der Waals surface area (Å²) < 4.78 is 1.95. The van der Waals surface area contributed by atoms with E-state index in [4.69, 9.17) is 0 Å². The number of para-hydroxylation sites is 1. The summed E-state index contributed by atoms with van der Waals surface area (Å²) in [6, 6.07) is 25.7. The maximum Gasteiger partial charge on any atom is 0.241 e. The van der Waals surface area contributed by atoms with E-state index in [1.807, 2.05) is 65.2 Å². The molecule has 1 amide bonds. The number of carbonyl (C=O) groups is 2. The van der Waals surface area contributed by atoms with Gasteiger partial charge in [-0.15, -0.1) is 11.8 Å². The van der Waals surface area contributed by atoms with E-state index in [9.17, 15) is 9.59 Å².